The van der Waals surface area contributed by atoms with Crippen molar-refractivity contribution in [3.8, 4) is 0 Å². The van der Waals surface area contributed by atoms with Crippen molar-refractivity contribution in [3.05, 3.63) is 29.0 Å². The molecule has 1 aliphatic rings. The first-order valence-electron chi connectivity index (χ1n) is 6.13. The molecule has 1 unspecified atom stereocenters. The van der Waals surface area contributed by atoms with Gasteiger partial charge in [0.15, 0.2) is 0 Å². The largest absolute Gasteiger partial charge is 0.311 e. The van der Waals surface area contributed by atoms with Gasteiger partial charge < -0.3 is 10.2 Å². The van der Waals surface area contributed by atoms with Gasteiger partial charge in [0.1, 0.15) is 5.82 Å². The molecule has 3 nitrogen and oxygen atoms in total. The summed E-state index contributed by atoms with van der Waals surface area (Å²) in [6, 6.07) is 4.31. The van der Waals surface area contributed by atoms with Gasteiger partial charge in [-0.05, 0) is 37.6 Å². The lowest BCUT2D eigenvalue weighted by Gasteiger charge is -2.32. The molecule has 1 saturated heterocycles. The van der Waals surface area contributed by atoms with Gasteiger partial charge in [0.2, 0.25) is 5.91 Å². The lowest BCUT2D eigenvalue weighted by atomic mass is 10.0. The Hall–Kier alpha value is -1.13. The van der Waals surface area contributed by atoms with Gasteiger partial charge in [-0.1, -0.05) is 18.5 Å². The smallest absolute Gasteiger partial charge is 0.244 e. The maximum atomic E-state index is 13.4. The maximum Gasteiger partial charge on any atom is 0.244 e. The average Bonchev–Trinajstić information content (AvgIpc) is 2.36. The Labute approximate surface area is 111 Å². The van der Waals surface area contributed by atoms with Crippen molar-refractivity contribution in [2.45, 2.75) is 25.8 Å². The van der Waals surface area contributed by atoms with Crippen molar-refractivity contribution < 1.29 is 9.18 Å². The van der Waals surface area contributed by atoms with Gasteiger partial charge in [-0.2, -0.15) is 0 Å². The summed E-state index contributed by atoms with van der Waals surface area (Å²) in [4.78, 5) is 13.8. The molecule has 1 heterocycles. The molecule has 5 heteroatoms. The van der Waals surface area contributed by atoms with Crippen LogP contribution in [0.5, 0.6) is 0 Å². The van der Waals surface area contributed by atoms with E-state index in [1.165, 1.54) is 12.1 Å². The van der Waals surface area contributed by atoms with Gasteiger partial charge in [-0.15, -0.1) is 0 Å². The van der Waals surface area contributed by atoms with Crippen LogP contribution in [0.2, 0.25) is 5.02 Å². The molecule has 0 bridgehead atoms. The van der Waals surface area contributed by atoms with Gasteiger partial charge in [0.25, 0.3) is 0 Å². The van der Waals surface area contributed by atoms with Gasteiger partial charge in [0, 0.05) is 12.2 Å². The predicted molar refractivity (Wildman–Crippen MR) is 70.5 cm³/mol. The van der Waals surface area contributed by atoms with Crippen molar-refractivity contribution in [2.75, 3.05) is 18.0 Å². The van der Waals surface area contributed by atoms with Gasteiger partial charge in [-0.25, -0.2) is 4.39 Å². The van der Waals surface area contributed by atoms with E-state index in [9.17, 15) is 9.18 Å². The number of nitrogens with zero attached hydrogens (tertiary/aromatic N) is 1. The van der Waals surface area contributed by atoms with Crippen molar-refractivity contribution in [1.29, 1.82) is 0 Å². The molecular weight excluding hydrogens is 255 g/mol. The van der Waals surface area contributed by atoms with Gasteiger partial charge >= 0.3 is 0 Å². The minimum absolute atomic E-state index is 0.00447. The molecule has 1 atom stereocenters. The number of rotatable bonds is 3. The molecule has 2 rings (SSSR count). The van der Waals surface area contributed by atoms with E-state index in [4.69, 9.17) is 11.6 Å². The Morgan fingerprint density at radius 1 is 1.56 bits per heavy atom. The summed E-state index contributed by atoms with van der Waals surface area (Å²) >= 11 is 5.64. The van der Waals surface area contributed by atoms with Crippen LogP contribution in [0.3, 0.4) is 0 Å². The summed E-state index contributed by atoms with van der Waals surface area (Å²) in [5.41, 5.74) is 0.574. The van der Waals surface area contributed by atoms with Crippen LogP contribution in [-0.4, -0.2) is 25.0 Å². The van der Waals surface area contributed by atoms with Crippen LogP contribution in [0.15, 0.2) is 18.2 Å². The number of halogens is 2. The van der Waals surface area contributed by atoms with Crippen molar-refractivity contribution in [2.24, 2.45) is 0 Å². The molecule has 1 aromatic carbocycles. The number of anilines is 1. The third-order valence-corrected chi connectivity index (χ3v) is 3.41. The fraction of sp³-hybridized carbons (Fsp3) is 0.462. The molecule has 1 amide bonds. The second-order valence-corrected chi connectivity index (χ2v) is 4.75. The Morgan fingerprint density at radius 2 is 2.33 bits per heavy atom. The number of hydrogen-bond donors (Lipinski definition) is 1. The highest BCUT2D eigenvalue weighted by atomic mass is 35.5. The van der Waals surface area contributed by atoms with E-state index in [0.29, 0.717) is 12.2 Å². The van der Waals surface area contributed by atoms with Crippen LogP contribution >= 0.6 is 11.6 Å². The number of piperidine rings is 1. The van der Waals surface area contributed by atoms with Crippen LogP contribution in [0.25, 0.3) is 0 Å². The number of carbonyl (C=O) groups is 1. The first-order chi connectivity index (χ1) is 8.63. The summed E-state index contributed by atoms with van der Waals surface area (Å²) in [7, 11) is 0. The number of likely N-dealkylation sites (N-methyl/N-ethyl adjacent to an activating group) is 1. The Bertz CT molecular complexity index is 451. The number of benzene rings is 1. The zero-order valence-corrected chi connectivity index (χ0v) is 11.0. The Kier molecular flexibility index (Phi) is 4.19. The molecule has 0 spiro atoms. The molecule has 0 saturated carbocycles. The van der Waals surface area contributed by atoms with Crippen molar-refractivity contribution in [3.63, 3.8) is 0 Å². The van der Waals surface area contributed by atoms with E-state index >= 15 is 0 Å². The van der Waals surface area contributed by atoms with Crippen LogP contribution < -0.4 is 10.2 Å². The number of amides is 1. The molecule has 0 radical (unpaired) electrons. The zero-order valence-electron chi connectivity index (χ0n) is 10.2. The van der Waals surface area contributed by atoms with E-state index in [1.54, 1.807) is 11.0 Å². The highest BCUT2D eigenvalue weighted by molar-refractivity contribution is 6.30. The Balaban J connectivity index is 2.21. The number of nitrogens with one attached hydrogen (secondary N) is 1. The molecule has 1 aromatic rings. The number of hydrogen-bond acceptors (Lipinski definition) is 2. The molecule has 1 fully saturated rings. The predicted octanol–water partition coefficient (Wildman–Crippen LogP) is 2.58. The van der Waals surface area contributed by atoms with E-state index in [2.05, 4.69) is 5.32 Å². The third kappa shape index (κ3) is 2.65. The van der Waals surface area contributed by atoms with Crippen LogP contribution in [0, 0.1) is 5.82 Å². The summed E-state index contributed by atoms with van der Waals surface area (Å²) in [5, 5.41) is 3.22. The third-order valence-electron chi connectivity index (χ3n) is 3.10. The monoisotopic (exact) mass is 270 g/mol. The Morgan fingerprint density at radius 3 is 3.00 bits per heavy atom. The van der Waals surface area contributed by atoms with Gasteiger partial charge in [0.05, 0.1) is 11.1 Å². The van der Waals surface area contributed by atoms with Crippen molar-refractivity contribution in [1.82, 2.24) is 5.32 Å². The molecule has 0 aliphatic carbocycles. The maximum absolute atomic E-state index is 13.4. The zero-order chi connectivity index (χ0) is 13.1. The summed E-state index contributed by atoms with van der Waals surface area (Å²) < 4.78 is 13.4. The first kappa shape index (κ1) is 13.3. The number of carbonyl (C=O) groups excluding carboxylic acids is 1. The average molecular weight is 271 g/mol. The summed E-state index contributed by atoms with van der Waals surface area (Å²) in [6.45, 7) is 3.34. The molecule has 98 valence electrons. The molecule has 1 N–H and O–H groups in total. The quantitative estimate of drug-likeness (QED) is 0.916. The van der Waals surface area contributed by atoms with E-state index < -0.39 is 5.82 Å². The van der Waals surface area contributed by atoms with Gasteiger partial charge in [-0.3, -0.25) is 4.79 Å². The second kappa shape index (κ2) is 5.67. The van der Waals surface area contributed by atoms with Crippen LogP contribution in [0.1, 0.15) is 19.8 Å². The summed E-state index contributed by atoms with van der Waals surface area (Å²) in [5.74, 6) is -0.489. The second-order valence-electron chi connectivity index (χ2n) is 4.34. The SMILES string of the molecule is CCNC1CCCN(c2ccc(Cl)c(F)c2)C1=O. The lowest BCUT2D eigenvalue weighted by molar-refractivity contribution is -0.121. The topological polar surface area (TPSA) is 32.3 Å². The highest BCUT2D eigenvalue weighted by Gasteiger charge is 2.29. The van der Waals surface area contributed by atoms with E-state index in [1.807, 2.05) is 6.92 Å². The summed E-state index contributed by atoms with van der Waals surface area (Å²) in [6.07, 6.45) is 1.74. The first-order valence-corrected chi connectivity index (χ1v) is 6.51. The standard InChI is InChI=1S/C13H16ClFN2O/c1-2-16-12-4-3-7-17(13(12)18)9-5-6-10(14)11(15)8-9/h5-6,8,12,16H,2-4,7H2,1H3. The fourth-order valence-electron chi connectivity index (χ4n) is 2.22. The molecular formula is C13H16ClFN2O. The van der Waals surface area contributed by atoms with Crippen LogP contribution in [0.4, 0.5) is 10.1 Å². The van der Waals surface area contributed by atoms with Crippen LogP contribution in [-0.2, 0) is 4.79 Å². The minimum Gasteiger partial charge on any atom is -0.311 e. The van der Waals surface area contributed by atoms with Crippen molar-refractivity contribution >= 4 is 23.2 Å². The molecule has 1 aliphatic heterocycles. The van der Waals surface area contributed by atoms with E-state index in [-0.39, 0.29) is 17.0 Å². The molecule has 18 heavy (non-hydrogen) atoms. The van der Waals surface area contributed by atoms with E-state index in [0.717, 1.165) is 19.4 Å². The minimum atomic E-state index is -0.493. The normalized spacial score (nSPS) is 20.3. The lowest BCUT2D eigenvalue weighted by Crippen LogP contribution is -2.50. The highest BCUT2D eigenvalue weighted by Crippen LogP contribution is 2.25. The molecule has 0 aromatic heterocycles. The fourth-order valence-corrected chi connectivity index (χ4v) is 2.34.